The van der Waals surface area contributed by atoms with Gasteiger partial charge in [0.1, 0.15) is 0 Å². The van der Waals surface area contributed by atoms with E-state index in [1.165, 1.54) is 0 Å². The maximum Gasteiger partial charge on any atom is 0.153 e. The smallest absolute Gasteiger partial charge is 0.153 e. The van der Waals surface area contributed by atoms with Crippen molar-refractivity contribution in [1.82, 2.24) is 10.2 Å². The topological polar surface area (TPSA) is 49.4 Å². The minimum absolute atomic E-state index is 0.170. The SMILES string of the molecule is CCCN1CCCNC2CS(=O)(=O)CC21. The van der Waals surface area contributed by atoms with Crippen LogP contribution in [0.3, 0.4) is 0 Å². The van der Waals surface area contributed by atoms with Gasteiger partial charge in [0.05, 0.1) is 11.5 Å². The van der Waals surface area contributed by atoms with E-state index < -0.39 is 9.84 Å². The van der Waals surface area contributed by atoms with Gasteiger partial charge in [0.2, 0.25) is 0 Å². The lowest BCUT2D eigenvalue weighted by Crippen LogP contribution is -2.46. The summed E-state index contributed by atoms with van der Waals surface area (Å²) in [5.74, 6) is 0.683. The molecule has 2 heterocycles. The quantitative estimate of drug-likeness (QED) is 0.720. The van der Waals surface area contributed by atoms with Gasteiger partial charge >= 0.3 is 0 Å². The number of nitrogens with zero attached hydrogens (tertiary/aromatic N) is 1. The molecule has 0 aromatic carbocycles. The number of sulfone groups is 1. The van der Waals surface area contributed by atoms with E-state index in [0.717, 1.165) is 32.5 Å². The molecule has 2 fully saturated rings. The van der Waals surface area contributed by atoms with Gasteiger partial charge in [0, 0.05) is 12.1 Å². The van der Waals surface area contributed by atoms with Gasteiger partial charge in [-0.25, -0.2) is 8.42 Å². The van der Waals surface area contributed by atoms with Crippen molar-refractivity contribution >= 4 is 9.84 Å². The molecule has 2 unspecified atom stereocenters. The fourth-order valence-electron chi connectivity index (χ4n) is 2.68. The Balaban J connectivity index is 2.13. The lowest BCUT2D eigenvalue weighted by atomic mass is 10.1. The van der Waals surface area contributed by atoms with Gasteiger partial charge in [-0.2, -0.15) is 0 Å². The Morgan fingerprint density at radius 1 is 1.40 bits per heavy atom. The van der Waals surface area contributed by atoms with Gasteiger partial charge in [-0.1, -0.05) is 6.92 Å². The van der Waals surface area contributed by atoms with Crippen LogP contribution >= 0.6 is 0 Å². The molecule has 0 spiro atoms. The van der Waals surface area contributed by atoms with Crippen LogP contribution in [-0.4, -0.2) is 56.5 Å². The van der Waals surface area contributed by atoms with Crippen molar-refractivity contribution in [1.29, 1.82) is 0 Å². The lowest BCUT2D eigenvalue weighted by molar-refractivity contribution is 0.207. The number of rotatable bonds is 2. The van der Waals surface area contributed by atoms with E-state index in [2.05, 4.69) is 17.1 Å². The van der Waals surface area contributed by atoms with Gasteiger partial charge in [-0.05, 0) is 32.5 Å². The third-order valence-corrected chi connectivity index (χ3v) is 5.05. The van der Waals surface area contributed by atoms with Gasteiger partial charge in [-0.15, -0.1) is 0 Å². The molecule has 0 saturated carbocycles. The lowest BCUT2D eigenvalue weighted by Gasteiger charge is -2.28. The van der Waals surface area contributed by atoms with Crippen molar-refractivity contribution in [2.24, 2.45) is 0 Å². The van der Waals surface area contributed by atoms with Crippen LogP contribution in [0.15, 0.2) is 0 Å². The molecule has 2 rings (SSSR count). The van der Waals surface area contributed by atoms with E-state index in [-0.39, 0.29) is 12.1 Å². The third-order valence-electron chi connectivity index (χ3n) is 3.33. The Morgan fingerprint density at radius 2 is 2.20 bits per heavy atom. The molecule has 2 saturated heterocycles. The van der Waals surface area contributed by atoms with Crippen LogP contribution in [0.2, 0.25) is 0 Å². The van der Waals surface area contributed by atoms with E-state index in [4.69, 9.17) is 0 Å². The fraction of sp³-hybridized carbons (Fsp3) is 1.00. The molecule has 2 aliphatic rings. The van der Waals surface area contributed by atoms with Gasteiger partial charge in [0.25, 0.3) is 0 Å². The van der Waals surface area contributed by atoms with Crippen LogP contribution in [0.5, 0.6) is 0 Å². The van der Waals surface area contributed by atoms with E-state index in [1.807, 2.05) is 0 Å². The average molecular weight is 232 g/mol. The Bertz CT molecular complexity index is 315. The molecule has 15 heavy (non-hydrogen) atoms. The molecule has 0 bridgehead atoms. The van der Waals surface area contributed by atoms with Crippen molar-refractivity contribution in [2.45, 2.75) is 31.8 Å². The van der Waals surface area contributed by atoms with Gasteiger partial charge in [0.15, 0.2) is 9.84 Å². The highest BCUT2D eigenvalue weighted by atomic mass is 32.2. The van der Waals surface area contributed by atoms with Crippen LogP contribution < -0.4 is 5.32 Å². The molecule has 88 valence electrons. The number of hydrogen-bond donors (Lipinski definition) is 1. The molecule has 0 aromatic rings. The molecule has 0 amide bonds. The Hall–Kier alpha value is -0.130. The first-order chi connectivity index (χ1) is 7.12. The predicted molar refractivity (Wildman–Crippen MR) is 60.7 cm³/mol. The number of fused-ring (bicyclic) bond motifs is 1. The first kappa shape index (κ1) is 11.4. The first-order valence-corrected chi connectivity index (χ1v) is 7.62. The average Bonchev–Trinajstić information content (AvgIpc) is 2.36. The van der Waals surface area contributed by atoms with E-state index in [9.17, 15) is 8.42 Å². The van der Waals surface area contributed by atoms with Crippen LogP contribution in [0.1, 0.15) is 19.8 Å². The first-order valence-electron chi connectivity index (χ1n) is 5.80. The highest BCUT2D eigenvalue weighted by Crippen LogP contribution is 2.21. The van der Waals surface area contributed by atoms with Crippen molar-refractivity contribution in [3.05, 3.63) is 0 Å². The molecule has 0 aromatic heterocycles. The minimum atomic E-state index is -2.80. The van der Waals surface area contributed by atoms with Crippen molar-refractivity contribution in [3.8, 4) is 0 Å². The molecule has 0 aliphatic carbocycles. The van der Waals surface area contributed by atoms with Crippen LogP contribution in [0, 0.1) is 0 Å². The predicted octanol–water partition coefficient (Wildman–Crippen LogP) is -0.143. The third kappa shape index (κ3) is 2.52. The fourth-order valence-corrected chi connectivity index (χ4v) is 4.67. The second-order valence-electron chi connectivity index (χ2n) is 4.59. The summed E-state index contributed by atoms with van der Waals surface area (Å²) < 4.78 is 23.2. The number of nitrogens with one attached hydrogen (secondary N) is 1. The Labute approximate surface area is 91.9 Å². The monoisotopic (exact) mass is 232 g/mol. The molecule has 4 nitrogen and oxygen atoms in total. The normalized spacial score (nSPS) is 36.1. The van der Waals surface area contributed by atoms with Crippen molar-refractivity contribution < 1.29 is 8.42 Å². The zero-order chi connectivity index (χ0) is 10.9. The summed E-state index contributed by atoms with van der Waals surface area (Å²) in [6.07, 6.45) is 2.23. The van der Waals surface area contributed by atoms with Crippen molar-refractivity contribution in [2.75, 3.05) is 31.1 Å². The Kier molecular flexibility index (Phi) is 3.33. The highest BCUT2D eigenvalue weighted by Gasteiger charge is 2.41. The number of hydrogen-bond acceptors (Lipinski definition) is 4. The molecule has 5 heteroatoms. The van der Waals surface area contributed by atoms with Gasteiger partial charge in [-0.3, -0.25) is 4.90 Å². The van der Waals surface area contributed by atoms with E-state index >= 15 is 0 Å². The van der Waals surface area contributed by atoms with Gasteiger partial charge < -0.3 is 5.32 Å². The van der Waals surface area contributed by atoms with Crippen molar-refractivity contribution in [3.63, 3.8) is 0 Å². The second-order valence-corrected chi connectivity index (χ2v) is 6.75. The largest absolute Gasteiger partial charge is 0.311 e. The summed E-state index contributed by atoms with van der Waals surface area (Å²) in [5, 5.41) is 3.37. The molecular weight excluding hydrogens is 212 g/mol. The zero-order valence-electron chi connectivity index (χ0n) is 9.28. The summed E-state index contributed by atoms with van der Waals surface area (Å²) in [6.45, 7) is 5.17. The molecule has 2 aliphatic heterocycles. The summed E-state index contributed by atoms with van der Waals surface area (Å²) in [7, 11) is -2.80. The maximum absolute atomic E-state index is 11.6. The Morgan fingerprint density at radius 3 is 2.93 bits per heavy atom. The minimum Gasteiger partial charge on any atom is -0.311 e. The summed E-state index contributed by atoms with van der Waals surface area (Å²) in [4.78, 5) is 2.36. The van der Waals surface area contributed by atoms with Crippen LogP contribution in [0.4, 0.5) is 0 Å². The van der Waals surface area contributed by atoms with E-state index in [0.29, 0.717) is 11.5 Å². The maximum atomic E-state index is 11.6. The zero-order valence-corrected chi connectivity index (χ0v) is 10.1. The molecule has 0 radical (unpaired) electrons. The molecular formula is C10H20N2O2S. The molecule has 1 N–H and O–H groups in total. The summed E-state index contributed by atoms with van der Waals surface area (Å²) >= 11 is 0. The van der Waals surface area contributed by atoms with Crippen LogP contribution in [-0.2, 0) is 9.84 Å². The van der Waals surface area contributed by atoms with Crippen LogP contribution in [0.25, 0.3) is 0 Å². The van der Waals surface area contributed by atoms with E-state index in [1.54, 1.807) is 0 Å². The second kappa shape index (κ2) is 4.39. The molecule has 2 atom stereocenters. The standard InChI is InChI=1S/C10H20N2O2S/c1-2-5-12-6-3-4-11-9-7-15(13,14)8-10(9)12/h9-11H,2-8H2,1H3. The highest BCUT2D eigenvalue weighted by molar-refractivity contribution is 7.91. The summed E-state index contributed by atoms with van der Waals surface area (Å²) in [6, 6.07) is 0.390. The summed E-state index contributed by atoms with van der Waals surface area (Å²) in [5.41, 5.74) is 0.